The highest BCUT2D eigenvalue weighted by Gasteiger charge is 2.05. The lowest BCUT2D eigenvalue weighted by Gasteiger charge is -2.02. The summed E-state index contributed by atoms with van der Waals surface area (Å²) in [7, 11) is 0. The highest BCUT2D eigenvalue weighted by atomic mass is 35.5. The topological polar surface area (TPSA) is 35.0 Å². The van der Waals surface area contributed by atoms with Crippen LogP contribution in [0.4, 0.5) is 0 Å². The number of hydrogen-bond donors (Lipinski definition) is 0. The summed E-state index contributed by atoms with van der Waals surface area (Å²) in [4.78, 5) is 0. The number of halogens is 1. The Kier molecular flexibility index (Phi) is 2.96. The van der Waals surface area contributed by atoms with Gasteiger partial charge in [-0.05, 0) is 12.1 Å². The van der Waals surface area contributed by atoms with Crippen LogP contribution in [-0.2, 0) is 6.61 Å². The van der Waals surface area contributed by atoms with Crippen LogP contribution in [0.1, 0.15) is 5.69 Å². The van der Waals surface area contributed by atoms with Crippen LogP contribution in [0.5, 0.6) is 5.75 Å². The van der Waals surface area contributed by atoms with Gasteiger partial charge in [-0.3, -0.25) is 0 Å². The van der Waals surface area contributed by atoms with Crippen LogP contribution in [0.3, 0.4) is 0 Å². The van der Waals surface area contributed by atoms with E-state index < -0.39 is 0 Å². The molecule has 0 radical (unpaired) electrons. The number of para-hydroxylation sites is 1. The van der Waals surface area contributed by atoms with Crippen LogP contribution in [0.15, 0.2) is 30.3 Å². The van der Waals surface area contributed by atoms with Crippen LogP contribution >= 0.6 is 23.1 Å². The van der Waals surface area contributed by atoms with Crippen molar-refractivity contribution in [2.24, 2.45) is 0 Å². The van der Waals surface area contributed by atoms with Gasteiger partial charge in [-0.2, -0.15) is 0 Å². The van der Waals surface area contributed by atoms with Crippen molar-refractivity contribution >= 4 is 23.1 Å². The van der Waals surface area contributed by atoms with E-state index in [-0.39, 0.29) is 0 Å². The molecule has 0 N–H and O–H groups in total. The van der Waals surface area contributed by atoms with Crippen molar-refractivity contribution in [2.75, 3.05) is 0 Å². The van der Waals surface area contributed by atoms with Crippen LogP contribution in [-0.4, -0.2) is 9.59 Å². The Hall–Kier alpha value is -1.13. The zero-order chi connectivity index (χ0) is 9.80. The summed E-state index contributed by atoms with van der Waals surface area (Å²) < 4.78 is 9.75. The molecule has 0 saturated carbocycles. The van der Waals surface area contributed by atoms with E-state index in [9.17, 15) is 0 Å². The Morgan fingerprint density at radius 2 is 2.07 bits per heavy atom. The zero-order valence-electron chi connectivity index (χ0n) is 7.18. The third-order valence-corrected chi connectivity index (χ3v) is 2.61. The van der Waals surface area contributed by atoms with E-state index >= 15 is 0 Å². The van der Waals surface area contributed by atoms with Crippen molar-refractivity contribution in [2.45, 2.75) is 6.61 Å². The molecule has 0 spiro atoms. The molecule has 5 heteroatoms. The summed E-state index contributed by atoms with van der Waals surface area (Å²) in [6, 6.07) is 9.53. The quantitative estimate of drug-likeness (QED) is 0.807. The highest BCUT2D eigenvalue weighted by molar-refractivity contribution is 7.10. The summed E-state index contributed by atoms with van der Waals surface area (Å²) >= 11 is 6.98. The molecule has 0 unspecified atom stereocenters. The molecule has 0 aliphatic rings. The Balaban J connectivity index is 1.99. The van der Waals surface area contributed by atoms with E-state index in [1.807, 2.05) is 30.3 Å². The van der Waals surface area contributed by atoms with E-state index in [0.717, 1.165) is 17.3 Å². The summed E-state index contributed by atoms with van der Waals surface area (Å²) in [6.45, 7) is 0.360. The number of benzene rings is 1. The Morgan fingerprint density at radius 1 is 1.29 bits per heavy atom. The lowest BCUT2D eigenvalue weighted by atomic mass is 10.3. The minimum Gasteiger partial charge on any atom is -0.487 e. The predicted octanol–water partition coefficient (Wildman–Crippen LogP) is 2.77. The lowest BCUT2D eigenvalue weighted by Crippen LogP contribution is -1.96. The van der Waals surface area contributed by atoms with Gasteiger partial charge in [-0.1, -0.05) is 34.3 Å². The normalized spacial score (nSPS) is 10.1. The fraction of sp³-hybridized carbons (Fsp3) is 0.111. The number of ether oxygens (including phenoxy) is 1. The average Bonchev–Trinajstić information content (AvgIpc) is 2.63. The molecule has 0 aliphatic carbocycles. The van der Waals surface area contributed by atoms with E-state index in [2.05, 4.69) is 9.59 Å². The fourth-order valence-electron chi connectivity index (χ4n) is 0.952. The maximum absolute atomic E-state index is 5.82. The SMILES string of the molecule is Clc1snnc1COc1ccccc1. The van der Waals surface area contributed by atoms with E-state index in [0.29, 0.717) is 16.6 Å². The van der Waals surface area contributed by atoms with Gasteiger partial charge in [0.2, 0.25) is 0 Å². The first-order chi connectivity index (χ1) is 6.86. The number of aromatic nitrogens is 2. The Bertz CT molecular complexity index is 404. The highest BCUT2D eigenvalue weighted by Crippen LogP contribution is 2.19. The minimum absolute atomic E-state index is 0.360. The van der Waals surface area contributed by atoms with Crippen molar-refractivity contribution in [1.82, 2.24) is 9.59 Å². The molecule has 1 aromatic heterocycles. The number of nitrogens with zero attached hydrogens (tertiary/aromatic N) is 2. The van der Waals surface area contributed by atoms with Gasteiger partial charge in [0, 0.05) is 11.5 Å². The molecule has 0 saturated heterocycles. The van der Waals surface area contributed by atoms with Gasteiger partial charge in [0.1, 0.15) is 22.4 Å². The molecule has 3 nitrogen and oxygen atoms in total. The molecule has 0 atom stereocenters. The van der Waals surface area contributed by atoms with Crippen LogP contribution in [0.2, 0.25) is 4.34 Å². The van der Waals surface area contributed by atoms with Crippen LogP contribution in [0.25, 0.3) is 0 Å². The summed E-state index contributed by atoms with van der Waals surface area (Å²) in [6.07, 6.45) is 0. The van der Waals surface area contributed by atoms with Gasteiger partial charge in [-0.25, -0.2) is 0 Å². The summed E-state index contributed by atoms with van der Waals surface area (Å²) in [5.74, 6) is 0.802. The van der Waals surface area contributed by atoms with Crippen molar-refractivity contribution in [3.05, 3.63) is 40.4 Å². The number of rotatable bonds is 3. The molecule has 1 aromatic carbocycles. The third-order valence-electron chi connectivity index (χ3n) is 1.63. The average molecular weight is 227 g/mol. The van der Waals surface area contributed by atoms with Crippen molar-refractivity contribution < 1.29 is 4.74 Å². The largest absolute Gasteiger partial charge is 0.487 e. The van der Waals surface area contributed by atoms with Crippen LogP contribution < -0.4 is 4.74 Å². The standard InChI is InChI=1S/C9H7ClN2OS/c10-9-8(11-12-14-9)6-13-7-4-2-1-3-5-7/h1-5H,6H2. The molecule has 72 valence electrons. The first kappa shape index (κ1) is 9.43. The predicted molar refractivity (Wildman–Crippen MR) is 55.7 cm³/mol. The van der Waals surface area contributed by atoms with Gasteiger partial charge < -0.3 is 4.74 Å². The first-order valence-electron chi connectivity index (χ1n) is 4.01. The second-order valence-electron chi connectivity index (χ2n) is 2.60. The fourth-order valence-corrected chi connectivity index (χ4v) is 1.55. The van der Waals surface area contributed by atoms with Gasteiger partial charge in [-0.15, -0.1) is 5.10 Å². The monoisotopic (exact) mass is 226 g/mol. The molecule has 1 heterocycles. The number of hydrogen-bond acceptors (Lipinski definition) is 4. The summed E-state index contributed by atoms with van der Waals surface area (Å²) in [5.41, 5.74) is 0.681. The van der Waals surface area contributed by atoms with Gasteiger partial charge in [0.05, 0.1) is 0 Å². The second kappa shape index (κ2) is 4.39. The molecular weight excluding hydrogens is 220 g/mol. The maximum atomic E-state index is 5.82. The van der Waals surface area contributed by atoms with Gasteiger partial charge in [0.25, 0.3) is 0 Å². The maximum Gasteiger partial charge on any atom is 0.141 e. The molecule has 2 aromatic rings. The first-order valence-corrected chi connectivity index (χ1v) is 5.16. The molecule has 2 rings (SSSR count). The van der Waals surface area contributed by atoms with E-state index in [1.165, 1.54) is 0 Å². The molecule has 14 heavy (non-hydrogen) atoms. The van der Waals surface area contributed by atoms with Crippen molar-refractivity contribution in [1.29, 1.82) is 0 Å². The second-order valence-corrected chi connectivity index (χ2v) is 3.95. The smallest absolute Gasteiger partial charge is 0.141 e. The molecular formula is C9H7ClN2OS. The summed E-state index contributed by atoms with van der Waals surface area (Å²) in [5, 5.41) is 3.84. The van der Waals surface area contributed by atoms with Gasteiger partial charge in [0.15, 0.2) is 0 Å². The Morgan fingerprint density at radius 3 is 2.71 bits per heavy atom. The van der Waals surface area contributed by atoms with E-state index in [4.69, 9.17) is 16.3 Å². The molecule has 0 fully saturated rings. The van der Waals surface area contributed by atoms with Crippen molar-refractivity contribution in [3.8, 4) is 5.75 Å². The minimum atomic E-state index is 0.360. The lowest BCUT2D eigenvalue weighted by molar-refractivity contribution is 0.301. The molecule has 0 amide bonds. The molecule has 0 aliphatic heterocycles. The van der Waals surface area contributed by atoms with Crippen molar-refractivity contribution in [3.63, 3.8) is 0 Å². The van der Waals surface area contributed by atoms with E-state index in [1.54, 1.807) is 0 Å². The van der Waals surface area contributed by atoms with Crippen LogP contribution in [0, 0.1) is 0 Å². The molecule has 0 bridgehead atoms. The third kappa shape index (κ3) is 2.21. The Labute approximate surface area is 90.5 Å². The zero-order valence-corrected chi connectivity index (χ0v) is 8.76. The van der Waals surface area contributed by atoms with Gasteiger partial charge >= 0.3 is 0 Å².